The molecule has 3 unspecified atom stereocenters. The van der Waals surface area contributed by atoms with Crippen molar-refractivity contribution < 1.29 is 15.0 Å². The Morgan fingerprint density at radius 1 is 1.30 bits per heavy atom. The third-order valence-electron chi connectivity index (χ3n) is 4.35. The maximum atomic E-state index is 12.3. The summed E-state index contributed by atoms with van der Waals surface area (Å²) in [5, 5.41) is 19.0. The summed E-state index contributed by atoms with van der Waals surface area (Å²) in [5.41, 5.74) is 0.279. The van der Waals surface area contributed by atoms with E-state index in [4.69, 9.17) is 0 Å². The Morgan fingerprint density at radius 3 is 2.65 bits per heavy atom. The van der Waals surface area contributed by atoms with E-state index < -0.39 is 0 Å². The number of phenolic OH excluding ortho intramolecular Hbond substituents is 2. The molecular formula is C16H23NO3. The van der Waals surface area contributed by atoms with Crippen molar-refractivity contribution in [1.29, 1.82) is 0 Å². The average molecular weight is 277 g/mol. The first-order chi connectivity index (χ1) is 9.38. The van der Waals surface area contributed by atoms with Crippen molar-refractivity contribution in [1.82, 2.24) is 4.90 Å². The van der Waals surface area contributed by atoms with Crippen molar-refractivity contribution in [3.05, 3.63) is 23.8 Å². The van der Waals surface area contributed by atoms with Gasteiger partial charge in [0.25, 0.3) is 0 Å². The van der Waals surface area contributed by atoms with Crippen LogP contribution in [0.2, 0.25) is 0 Å². The van der Waals surface area contributed by atoms with Crippen molar-refractivity contribution in [3.8, 4) is 11.5 Å². The van der Waals surface area contributed by atoms with Crippen LogP contribution in [0.5, 0.6) is 11.5 Å². The van der Waals surface area contributed by atoms with E-state index in [-0.39, 0.29) is 22.8 Å². The van der Waals surface area contributed by atoms with Crippen molar-refractivity contribution in [2.24, 2.45) is 11.8 Å². The molecular weight excluding hydrogens is 254 g/mol. The molecule has 0 radical (unpaired) electrons. The highest BCUT2D eigenvalue weighted by Crippen LogP contribution is 2.28. The largest absolute Gasteiger partial charge is 0.508 e. The highest BCUT2D eigenvalue weighted by atomic mass is 16.3. The Hall–Kier alpha value is -1.55. The van der Waals surface area contributed by atoms with Gasteiger partial charge in [0.05, 0.1) is 12.1 Å². The standard InChI is InChI=1S/C16H23NO3/c1-10-6-11(2)12(3)17(8-10)9-16(20)14-5-4-13(18)7-15(14)19/h4-5,7,10-12,18-19H,6,8-9H2,1-3H3. The van der Waals surface area contributed by atoms with Gasteiger partial charge in [0, 0.05) is 18.7 Å². The lowest BCUT2D eigenvalue weighted by atomic mass is 9.85. The normalized spacial score (nSPS) is 27.4. The number of Topliss-reactive ketones (excluding diaryl/α,β-unsaturated/α-hetero) is 1. The fourth-order valence-electron chi connectivity index (χ4n) is 3.07. The first kappa shape index (κ1) is 14.9. The molecule has 20 heavy (non-hydrogen) atoms. The maximum Gasteiger partial charge on any atom is 0.180 e. The minimum Gasteiger partial charge on any atom is -0.508 e. The number of nitrogens with zero attached hydrogens (tertiary/aromatic N) is 1. The minimum absolute atomic E-state index is 0.0346. The van der Waals surface area contributed by atoms with Gasteiger partial charge >= 0.3 is 0 Å². The molecule has 0 saturated carbocycles. The average Bonchev–Trinajstić information content (AvgIpc) is 2.35. The zero-order valence-corrected chi connectivity index (χ0v) is 12.3. The molecule has 1 aliphatic heterocycles. The molecule has 0 amide bonds. The molecule has 1 heterocycles. The van der Waals surface area contributed by atoms with E-state index >= 15 is 0 Å². The van der Waals surface area contributed by atoms with Crippen LogP contribution in [0, 0.1) is 11.8 Å². The molecule has 3 atom stereocenters. The summed E-state index contributed by atoms with van der Waals surface area (Å²) >= 11 is 0. The van der Waals surface area contributed by atoms with Gasteiger partial charge in [-0.1, -0.05) is 13.8 Å². The number of ketones is 1. The Bertz CT molecular complexity index is 500. The second-order valence-corrected chi connectivity index (χ2v) is 6.11. The van der Waals surface area contributed by atoms with E-state index in [0.29, 0.717) is 24.4 Å². The SMILES string of the molecule is CC1CC(C)C(C)N(CC(=O)c2ccc(O)cc2O)C1. The summed E-state index contributed by atoms with van der Waals surface area (Å²) in [7, 11) is 0. The van der Waals surface area contributed by atoms with Gasteiger partial charge in [0.15, 0.2) is 5.78 Å². The number of carbonyl (C=O) groups excluding carboxylic acids is 1. The van der Waals surface area contributed by atoms with E-state index in [0.717, 1.165) is 6.54 Å². The van der Waals surface area contributed by atoms with Crippen LogP contribution < -0.4 is 0 Å². The van der Waals surface area contributed by atoms with Crippen molar-refractivity contribution >= 4 is 5.78 Å². The lowest BCUT2D eigenvalue weighted by molar-refractivity contribution is 0.0648. The van der Waals surface area contributed by atoms with Gasteiger partial charge in [-0.2, -0.15) is 0 Å². The number of phenols is 2. The van der Waals surface area contributed by atoms with Gasteiger partial charge in [0.2, 0.25) is 0 Å². The topological polar surface area (TPSA) is 60.8 Å². The molecule has 2 rings (SSSR count). The van der Waals surface area contributed by atoms with Crippen molar-refractivity contribution in [2.75, 3.05) is 13.1 Å². The highest BCUT2D eigenvalue weighted by molar-refractivity contribution is 6.00. The first-order valence-electron chi connectivity index (χ1n) is 7.17. The van der Waals surface area contributed by atoms with Crippen LogP contribution in [0.25, 0.3) is 0 Å². The molecule has 110 valence electrons. The molecule has 1 aromatic rings. The predicted octanol–water partition coefficient (Wildman–Crippen LogP) is 2.65. The number of hydrogen-bond acceptors (Lipinski definition) is 4. The van der Waals surface area contributed by atoms with Crippen LogP contribution >= 0.6 is 0 Å². The number of rotatable bonds is 3. The molecule has 0 aromatic heterocycles. The first-order valence-corrected chi connectivity index (χ1v) is 7.17. The summed E-state index contributed by atoms with van der Waals surface area (Å²) < 4.78 is 0. The molecule has 0 bridgehead atoms. The van der Waals surface area contributed by atoms with Crippen molar-refractivity contribution in [3.63, 3.8) is 0 Å². The summed E-state index contributed by atoms with van der Waals surface area (Å²) in [4.78, 5) is 14.5. The summed E-state index contributed by atoms with van der Waals surface area (Å²) in [5.74, 6) is 0.867. The Kier molecular flexibility index (Phi) is 4.33. The highest BCUT2D eigenvalue weighted by Gasteiger charge is 2.30. The van der Waals surface area contributed by atoms with Crippen LogP contribution in [0.1, 0.15) is 37.6 Å². The number of likely N-dealkylation sites (tertiary alicyclic amines) is 1. The third kappa shape index (κ3) is 3.12. The van der Waals surface area contributed by atoms with E-state index in [1.54, 1.807) is 0 Å². The molecule has 1 fully saturated rings. The van der Waals surface area contributed by atoms with Gasteiger partial charge in [-0.25, -0.2) is 0 Å². The Morgan fingerprint density at radius 2 is 2.00 bits per heavy atom. The maximum absolute atomic E-state index is 12.3. The van der Waals surface area contributed by atoms with Crippen LogP contribution in [-0.4, -0.2) is 40.0 Å². The molecule has 1 aliphatic rings. The van der Waals surface area contributed by atoms with Crippen LogP contribution in [-0.2, 0) is 0 Å². The number of piperidine rings is 1. The zero-order chi connectivity index (χ0) is 14.9. The summed E-state index contributed by atoms with van der Waals surface area (Å²) in [6.45, 7) is 7.80. The van der Waals surface area contributed by atoms with E-state index in [1.165, 1.54) is 24.6 Å². The summed E-state index contributed by atoms with van der Waals surface area (Å²) in [6.07, 6.45) is 1.19. The van der Waals surface area contributed by atoms with Crippen molar-refractivity contribution in [2.45, 2.75) is 33.2 Å². The monoisotopic (exact) mass is 277 g/mol. The lowest BCUT2D eigenvalue weighted by Crippen LogP contribution is -2.47. The fourth-order valence-corrected chi connectivity index (χ4v) is 3.07. The second-order valence-electron chi connectivity index (χ2n) is 6.11. The lowest BCUT2D eigenvalue weighted by Gasteiger charge is -2.40. The predicted molar refractivity (Wildman–Crippen MR) is 78.1 cm³/mol. The smallest absolute Gasteiger partial charge is 0.180 e. The molecule has 1 aromatic carbocycles. The number of hydrogen-bond donors (Lipinski definition) is 2. The van der Waals surface area contributed by atoms with E-state index in [1.807, 2.05) is 0 Å². The van der Waals surface area contributed by atoms with Gasteiger partial charge in [-0.3, -0.25) is 9.69 Å². The quantitative estimate of drug-likeness (QED) is 0.834. The summed E-state index contributed by atoms with van der Waals surface area (Å²) in [6, 6.07) is 4.49. The Labute approximate surface area is 120 Å². The zero-order valence-electron chi connectivity index (χ0n) is 12.3. The minimum atomic E-state index is -0.152. The van der Waals surface area contributed by atoms with Gasteiger partial charge in [-0.05, 0) is 37.3 Å². The van der Waals surface area contributed by atoms with Gasteiger partial charge < -0.3 is 10.2 Å². The Balaban J connectivity index is 2.10. The molecule has 1 saturated heterocycles. The molecule has 0 spiro atoms. The molecule has 4 nitrogen and oxygen atoms in total. The number of aromatic hydroxyl groups is 2. The molecule has 0 aliphatic carbocycles. The van der Waals surface area contributed by atoms with Gasteiger partial charge in [0.1, 0.15) is 11.5 Å². The van der Waals surface area contributed by atoms with Crippen LogP contribution in [0.3, 0.4) is 0 Å². The van der Waals surface area contributed by atoms with E-state index in [9.17, 15) is 15.0 Å². The fraction of sp³-hybridized carbons (Fsp3) is 0.562. The number of benzene rings is 1. The van der Waals surface area contributed by atoms with E-state index in [2.05, 4.69) is 25.7 Å². The van der Waals surface area contributed by atoms with Gasteiger partial charge in [-0.15, -0.1) is 0 Å². The van der Waals surface area contributed by atoms with Crippen LogP contribution in [0.4, 0.5) is 0 Å². The molecule has 2 N–H and O–H groups in total. The number of carbonyl (C=O) groups is 1. The molecule has 4 heteroatoms. The second kappa shape index (κ2) is 5.83. The third-order valence-corrected chi connectivity index (χ3v) is 4.35. The van der Waals surface area contributed by atoms with Crippen LogP contribution in [0.15, 0.2) is 18.2 Å².